The minimum absolute atomic E-state index is 0.0711. The number of hydrogen-bond acceptors (Lipinski definition) is 3. The van der Waals surface area contributed by atoms with Crippen molar-refractivity contribution in [3.63, 3.8) is 0 Å². The smallest absolute Gasteiger partial charge is 0.0508 e. The second-order valence-electron chi connectivity index (χ2n) is 4.75. The molecule has 2 rings (SSSR count). The highest BCUT2D eigenvalue weighted by Gasteiger charge is 2.08. The predicted octanol–water partition coefficient (Wildman–Crippen LogP) is 4.21. The number of halogens is 1. The Morgan fingerprint density at radius 3 is 2.74 bits per heavy atom. The van der Waals surface area contributed by atoms with E-state index in [9.17, 15) is 0 Å². The maximum atomic E-state index is 5.90. The van der Waals surface area contributed by atoms with Gasteiger partial charge >= 0.3 is 0 Å². The molecule has 4 heteroatoms. The molecule has 0 fully saturated rings. The number of rotatable bonds is 5. The van der Waals surface area contributed by atoms with Crippen molar-refractivity contribution in [3.05, 3.63) is 50.6 Å². The standard InChI is InChI=1S/C15H19BrN2S/c1-11(17)12-5-6-15(14(16)10-12)18(2)8-7-13-4-3-9-19-13/h3-6,9-11H,7-8,17H2,1-2H3/t11-/m1/s1. The van der Waals surface area contributed by atoms with Crippen LogP contribution in [0.4, 0.5) is 5.69 Å². The van der Waals surface area contributed by atoms with Gasteiger partial charge in [-0.3, -0.25) is 0 Å². The maximum absolute atomic E-state index is 5.90. The summed E-state index contributed by atoms with van der Waals surface area (Å²) in [6.45, 7) is 3.01. The van der Waals surface area contributed by atoms with Gasteiger partial charge in [-0.15, -0.1) is 11.3 Å². The number of benzene rings is 1. The number of anilines is 1. The zero-order valence-electron chi connectivity index (χ0n) is 11.3. The van der Waals surface area contributed by atoms with Crippen LogP contribution in [0.3, 0.4) is 0 Å². The second-order valence-corrected chi connectivity index (χ2v) is 6.64. The molecule has 0 aliphatic carbocycles. The lowest BCUT2D eigenvalue weighted by Crippen LogP contribution is -2.20. The van der Waals surface area contributed by atoms with Crippen LogP contribution in [0, 0.1) is 0 Å². The molecule has 1 aromatic carbocycles. The lowest BCUT2D eigenvalue weighted by Gasteiger charge is -2.21. The van der Waals surface area contributed by atoms with E-state index in [1.54, 1.807) is 0 Å². The Balaban J connectivity index is 2.04. The largest absolute Gasteiger partial charge is 0.373 e. The zero-order chi connectivity index (χ0) is 13.8. The first-order valence-corrected chi connectivity index (χ1v) is 8.03. The van der Waals surface area contributed by atoms with Gasteiger partial charge < -0.3 is 10.6 Å². The van der Waals surface area contributed by atoms with E-state index in [2.05, 4.69) is 63.6 Å². The molecule has 19 heavy (non-hydrogen) atoms. The highest BCUT2D eigenvalue weighted by molar-refractivity contribution is 9.10. The Bertz CT molecular complexity index is 523. The van der Waals surface area contributed by atoms with E-state index in [0.717, 1.165) is 23.0 Å². The Kier molecular flexibility index (Phi) is 5.02. The third-order valence-corrected chi connectivity index (χ3v) is 4.75. The number of thiophene rings is 1. The lowest BCUT2D eigenvalue weighted by atomic mass is 10.1. The molecule has 0 radical (unpaired) electrons. The van der Waals surface area contributed by atoms with Gasteiger partial charge in [-0.05, 0) is 58.4 Å². The third kappa shape index (κ3) is 3.81. The molecule has 1 aromatic heterocycles. The zero-order valence-corrected chi connectivity index (χ0v) is 13.7. The van der Waals surface area contributed by atoms with Crippen molar-refractivity contribution in [2.75, 3.05) is 18.5 Å². The van der Waals surface area contributed by atoms with Crippen molar-refractivity contribution in [2.24, 2.45) is 5.73 Å². The molecule has 0 amide bonds. The molecule has 0 unspecified atom stereocenters. The van der Waals surface area contributed by atoms with E-state index >= 15 is 0 Å². The number of nitrogens with zero attached hydrogens (tertiary/aromatic N) is 1. The van der Waals surface area contributed by atoms with Crippen molar-refractivity contribution in [3.8, 4) is 0 Å². The molecule has 0 aliphatic heterocycles. The summed E-state index contributed by atoms with van der Waals surface area (Å²) >= 11 is 5.46. The average molecular weight is 339 g/mol. The van der Waals surface area contributed by atoms with E-state index in [4.69, 9.17) is 5.73 Å². The van der Waals surface area contributed by atoms with Gasteiger partial charge in [-0.1, -0.05) is 12.1 Å². The summed E-state index contributed by atoms with van der Waals surface area (Å²) in [5, 5.41) is 2.13. The van der Waals surface area contributed by atoms with Crippen molar-refractivity contribution in [1.29, 1.82) is 0 Å². The lowest BCUT2D eigenvalue weighted by molar-refractivity contribution is 0.815. The topological polar surface area (TPSA) is 29.3 Å². The molecular weight excluding hydrogens is 320 g/mol. The summed E-state index contributed by atoms with van der Waals surface area (Å²) in [5.41, 5.74) is 8.26. The van der Waals surface area contributed by atoms with Gasteiger partial charge in [-0.2, -0.15) is 0 Å². The van der Waals surface area contributed by atoms with Crippen LogP contribution in [0.1, 0.15) is 23.4 Å². The van der Waals surface area contributed by atoms with Crippen molar-refractivity contribution in [1.82, 2.24) is 0 Å². The van der Waals surface area contributed by atoms with Gasteiger partial charge in [0.15, 0.2) is 0 Å². The number of hydrogen-bond donors (Lipinski definition) is 1. The molecule has 1 atom stereocenters. The van der Waals surface area contributed by atoms with E-state index < -0.39 is 0 Å². The fourth-order valence-corrected chi connectivity index (χ4v) is 3.37. The van der Waals surface area contributed by atoms with Gasteiger partial charge in [0.2, 0.25) is 0 Å². The molecule has 2 aromatic rings. The van der Waals surface area contributed by atoms with Crippen LogP contribution in [0.2, 0.25) is 0 Å². The van der Waals surface area contributed by atoms with Crippen LogP contribution in [-0.4, -0.2) is 13.6 Å². The highest BCUT2D eigenvalue weighted by atomic mass is 79.9. The maximum Gasteiger partial charge on any atom is 0.0508 e. The Hall–Kier alpha value is -0.840. The summed E-state index contributed by atoms with van der Waals surface area (Å²) in [4.78, 5) is 3.70. The van der Waals surface area contributed by atoms with Gasteiger partial charge in [0.05, 0.1) is 5.69 Å². The normalized spacial score (nSPS) is 12.4. The molecule has 0 bridgehead atoms. The monoisotopic (exact) mass is 338 g/mol. The van der Waals surface area contributed by atoms with Crippen LogP contribution in [0.5, 0.6) is 0 Å². The molecule has 0 aliphatic rings. The van der Waals surface area contributed by atoms with Crippen LogP contribution < -0.4 is 10.6 Å². The van der Waals surface area contributed by atoms with Crippen molar-refractivity contribution < 1.29 is 0 Å². The van der Waals surface area contributed by atoms with Gasteiger partial charge in [0.25, 0.3) is 0 Å². The average Bonchev–Trinajstić information content (AvgIpc) is 2.88. The molecule has 0 spiro atoms. The Labute approximate surface area is 127 Å². The number of nitrogens with two attached hydrogens (primary N) is 1. The van der Waals surface area contributed by atoms with Crippen molar-refractivity contribution >= 4 is 33.0 Å². The summed E-state index contributed by atoms with van der Waals surface area (Å²) < 4.78 is 1.11. The molecule has 2 N–H and O–H groups in total. The number of likely N-dealkylation sites (N-methyl/N-ethyl adjacent to an activating group) is 1. The van der Waals surface area contributed by atoms with Crippen LogP contribution in [0.15, 0.2) is 40.2 Å². The van der Waals surface area contributed by atoms with E-state index in [-0.39, 0.29) is 6.04 Å². The first-order chi connectivity index (χ1) is 9.08. The molecule has 2 nitrogen and oxygen atoms in total. The summed E-state index contributed by atoms with van der Waals surface area (Å²) in [5.74, 6) is 0. The summed E-state index contributed by atoms with van der Waals surface area (Å²) in [6, 6.07) is 10.7. The molecular formula is C15H19BrN2S. The molecule has 102 valence electrons. The van der Waals surface area contributed by atoms with Crippen LogP contribution in [0.25, 0.3) is 0 Å². The predicted molar refractivity (Wildman–Crippen MR) is 88.0 cm³/mol. The SMILES string of the molecule is C[C@@H](N)c1ccc(N(C)CCc2cccs2)c(Br)c1. The van der Waals surface area contributed by atoms with E-state index in [1.807, 2.05) is 18.3 Å². The van der Waals surface area contributed by atoms with E-state index in [0.29, 0.717) is 0 Å². The minimum Gasteiger partial charge on any atom is -0.373 e. The van der Waals surface area contributed by atoms with Gasteiger partial charge in [-0.25, -0.2) is 0 Å². The fourth-order valence-electron chi connectivity index (χ4n) is 1.97. The Morgan fingerprint density at radius 2 is 2.16 bits per heavy atom. The summed E-state index contributed by atoms with van der Waals surface area (Å²) in [6.07, 6.45) is 1.08. The molecule has 1 heterocycles. The molecule has 0 saturated carbocycles. The minimum atomic E-state index is 0.0711. The van der Waals surface area contributed by atoms with E-state index in [1.165, 1.54) is 10.6 Å². The van der Waals surface area contributed by atoms with Crippen molar-refractivity contribution in [2.45, 2.75) is 19.4 Å². The Morgan fingerprint density at radius 1 is 1.37 bits per heavy atom. The quantitative estimate of drug-likeness (QED) is 0.884. The second kappa shape index (κ2) is 6.55. The van der Waals surface area contributed by atoms with Crippen LogP contribution >= 0.6 is 27.3 Å². The third-order valence-electron chi connectivity index (χ3n) is 3.18. The molecule has 0 saturated heterocycles. The first kappa shape index (κ1) is 14.6. The van der Waals surface area contributed by atoms with Gasteiger partial charge in [0.1, 0.15) is 0 Å². The fraction of sp³-hybridized carbons (Fsp3) is 0.333. The van der Waals surface area contributed by atoms with Crippen LogP contribution in [-0.2, 0) is 6.42 Å². The highest BCUT2D eigenvalue weighted by Crippen LogP contribution is 2.28. The first-order valence-electron chi connectivity index (χ1n) is 6.36. The van der Waals surface area contributed by atoms with Gasteiger partial charge in [0, 0.05) is 29.0 Å². The summed E-state index contributed by atoms with van der Waals surface area (Å²) in [7, 11) is 2.12.